The number of nitrogens with zero attached hydrogens (tertiary/aromatic N) is 1. The van der Waals surface area contributed by atoms with Crippen LogP contribution in [0.3, 0.4) is 0 Å². The van der Waals surface area contributed by atoms with Crippen molar-refractivity contribution in [2.75, 3.05) is 25.0 Å². The Labute approximate surface area is 82.6 Å². The van der Waals surface area contributed by atoms with Crippen molar-refractivity contribution in [1.82, 2.24) is 10.3 Å². The molecule has 0 aromatic carbocycles. The summed E-state index contributed by atoms with van der Waals surface area (Å²) in [5, 5.41) is 9.82. The average Bonchev–Trinajstić information content (AvgIpc) is 2.69. The molecule has 1 saturated heterocycles. The lowest BCUT2D eigenvalue weighted by molar-refractivity contribution is 0.393. The van der Waals surface area contributed by atoms with E-state index in [9.17, 15) is 0 Å². The summed E-state index contributed by atoms with van der Waals surface area (Å²) >= 11 is 1.67. The molecule has 13 heavy (non-hydrogen) atoms. The van der Waals surface area contributed by atoms with Gasteiger partial charge < -0.3 is 10.6 Å². The molecule has 0 aliphatic carbocycles. The van der Waals surface area contributed by atoms with Gasteiger partial charge in [0.15, 0.2) is 5.13 Å². The summed E-state index contributed by atoms with van der Waals surface area (Å²) in [6.45, 7) is 3.40. The number of hydrogen-bond acceptors (Lipinski definition) is 4. The van der Waals surface area contributed by atoms with E-state index in [1.54, 1.807) is 11.3 Å². The maximum Gasteiger partial charge on any atom is 0.182 e. The Morgan fingerprint density at radius 2 is 2.69 bits per heavy atom. The molecule has 1 atom stereocenters. The Bertz CT molecular complexity index is 229. The van der Waals surface area contributed by atoms with Crippen LogP contribution in [0.1, 0.15) is 12.8 Å². The van der Waals surface area contributed by atoms with Crippen molar-refractivity contribution >= 4 is 16.5 Å². The van der Waals surface area contributed by atoms with Gasteiger partial charge in [-0.15, -0.1) is 11.3 Å². The molecule has 1 aromatic heterocycles. The maximum absolute atomic E-state index is 4.19. The van der Waals surface area contributed by atoms with E-state index in [-0.39, 0.29) is 0 Å². The van der Waals surface area contributed by atoms with Crippen molar-refractivity contribution in [3.05, 3.63) is 11.6 Å². The second kappa shape index (κ2) is 4.58. The molecule has 0 unspecified atom stereocenters. The second-order valence-electron chi connectivity index (χ2n) is 3.43. The van der Waals surface area contributed by atoms with Crippen LogP contribution in [-0.4, -0.2) is 24.6 Å². The Balaban J connectivity index is 1.72. The smallest absolute Gasteiger partial charge is 0.182 e. The summed E-state index contributed by atoms with van der Waals surface area (Å²) in [6.07, 6.45) is 4.49. The normalized spacial score (nSPS) is 22.9. The van der Waals surface area contributed by atoms with Gasteiger partial charge in [0, 0.05) is 18.1 Å². The van der Waals surface area contributed by atoms with Crippen molar-refractivity contribution < 1.29 is 0 Å². The molecule has 1 fully saturated rings. The van der Waals surface area contributed by atoms with Gasteiger partial charge in [0.2, 0.25) is 0 Å². The van der Waals surface area contributed by atoms with E-state index in [1.165, 1.54) is 19.4 Å². The number of aromatic nitrogens is 1. The monoisotopic (exact) mass is 197 g/mol. The molecule has 1 aromatic rings. The third-order valence-electron chi connectivity index (χ3n) is 2.37. The van der Waals surface area contributed by atoms with Crippen LogP contribution < -0.4 is 10.6 Å². The van der Waals surface area contributed by atoms with Crippen LogP contribution in [0.15, 0.2) is 11.6 Å². The highest BCUT2D eigenvalue weighted by Crippen LogP contribution is 2.14. The van der Waals surface area contributed by atoms with E-state index in [4.69, 9.17) is 0 Å². The van der Waals surface area contributed by atoms with Gasteiger partial charge in [-0.25, -0.2) is 4.98 Å². The van der Waals surface area contributed by atoms with E-state index in [0.717, 1.165) is 24.1 Å². The van der Waals surface area contributed by atoms with Crippen LogP contribution in [0, 0.1) is 5.92 Å². The molecule has 0 amide bonds. The molecule has 0 saturated carbocycles. The third kappa shape index (κ3) is 2.67. The van der Waals surface area contributed by atoms with Crippen molar-refractivity contribution in [2.24, 2.45) is 5.92 Å². The van der Waals surface area contributed by atoms with Gasteiger partial charge in [0.1, 0.15) is 0 Å². The molecule has 2 N–H and O–H groups in total. The Kier molecular flexibility index (Phi) is 3.16. The number of anilines is 1. The quantitative estimate of drug-likeness (QED) is 0.772. The fourth-order valence-corrected chi connectivity index (χ4v) is 2.18. The summed E-state index contributed by atoms with van der Waals surface area (Å²) in [5.41, 5.74) is 0. The Morgan fingerprint density at radius 1 is 1.69 bits per heavy atom. The molecule has 0 bridgehead atoms. The zero-order valence-corrected chi connectivity index (χ0v) is 8.44. The summed E-state index contributed by atoms with van der Waals surface area (Å²) < 4.78 is 0. The third-order valence-corrected chi connectivity index (χ3v) is 3.10. The predicted molar refractivity (Wildman–Crippen MR) is 56.2 cm³/mol. The summed E-state index contributed by atoms with van der Waals surface area (Å²) in [4.78, 5) is 4.19. The molecule has 2 rings (SSSR count). The molecular weight excluding hydrogens is 182 g/mol. The lowest BCUT2D eigenvalue weighted by Gasteiger charge is -2.22. The number of hydrogen-bond donors (Lipinski definition) is 2. The number of rotatable bonds is 3. The lowest BCUT2D eigenvalue weighted by atomic mass is 10.00. The first-order valence-electron chi connectivity index (χ1n) is 4.79. The number of thiazole rings is 1. The molecule has 2 heterocycles. The fraction of sp³-hybridized carbons (Fsp3) is 0.667. The predicted octanol–water partition coefficient (Wildman–Crippen LogP) is 1.55. The van der Waals surface area contributed by atoms with Crippen LogP contribution in [0.2, 0.25) is 0 Å². The van der Waals surface area contributed by atoms with E-state index < -0.39 is 0 Å². The van der Waals surface area contributed by atoms with Crippen molar-refractivity contribution in [1.29, 1.82) is 0 Å². The van der Waals surface area contributed by atoms with Crippen LogP contribution >= 0.6 is 11.3 Å². The van der Waals surface area contributed by atoms with Crippen LogP contribution in [0.5, 0.6) is 0 Å². The molecule has 1 aliphatic heterocycles. The molecule has 0 radical (unpaired) electrons. The highest BCUT2D eigenvalue weighted by Gasteiger charge is 2.12. The summed E-state index contributed by atoms with van der Waals surface area (Å²) in [7, 11) is 0. The van der Waals surface area contributed by atoms with Crippen LogP contribution in [0.25, 0.3) is 0 Å². The summed E-state index contributed by atoms with van der Waals surface area (Å²) in [6, 6.07) is 0. The van der Waals surface area contributed by atoms with E-state index in [0.29, 0.717) is 0 Å². The van der Waals surface area contributed by atoms with Crippen LogP contribution in [-0.2, 0) is 0 Å². The van der Waals surface area contributed by atoms with Gasteiger partial charge >= 0.3 is 0 Å². The maximum atomic E-state index is 4.19. The van der Waals surface area contributed by atoms with E-state index in [1.807, 2.05) is 11.6 Å². The minimum atomic E-state index is 0.776. The zero-order chi connectivity index (χ0) is 8.93. The van der Waals surface area contributed by atoms with Gasteiger partial charge in [-0.3, -0.25) is 0 Å². The van der Waals surface area contributed by atoms with E-state index >= 15 is 0 Å². The first kappa shape index (κ1) is 8.97. The van der Waals surface area contributed by atoms with Crippen molar-refractivity contribution in [3.63, 3.8) is 0 Å². The van der Waals surface area contributed by atoms with Gasteiger partial charge in [-0.05, 0) is 31.8 Å². The molecule has 0 spiro atoms. The first-order chi connectivity index (χ1) is 6.45. The lowest BCUT2D eigenvalue weighted by Crippen LogP contribution is -2.33. The first-order valence-corrected chi connectivity index (χ1v) is 5.67. The van der Waals surface area contributed by atoms with Crippen molar-refractivity contribution in [2.45, 2.75) is 12.8 Å². The SMILES string of the molecule is c1csc(NC[C@@H]2CCCNC2)n1. The number of nitrogens with one attached hydrogen (secondary N) is 2. The molecule has 1 aliphatic rings. The zero-order valence-electron chi connectivity index (χ0n) is 7.62. The Hall–Kier alpha value is -0.610. The van der Waals surface area contributed by atoms with E-state index in [2.05, 4.69) is 15.6 Å². The van der Waals surface area contributed by atoms with Gasteiger partial charge in [0.25, 0.3) is 0 Å². The molecule has 72 valence electrons. The standard InChI is InChI=1S/C9H15N3S/c1-2-8(6-10-3-1)7-12-9-11-4-5-13-9/h4-5,8,10H,1-3,6-7H2,(H,11,12)/t8-/m1/s1. The average molecular weight is 197 g/mol. The van der Waals surface area contributed by atoms with Gasteiger partial charge in [-0.1, -0.05) is 0 Å². The second-order valence-corrected chi connectivity index (χ2v) is 4.33. The highest BCUT2D eigenvalue weighted by atomic mass is 32.1. The van der Waals surface area contributed by atoms with Crippen molar-refractivity contribution in [3.8, 4) is 0 Å². The molecule has 3 nitrogen and oxygen atoms in total. The molecule has 4 heteroatoms. The van der Waals surface area contributed by atoms with Crippen LogP contribution in [0.4, 0.5) is 5.13 Å². The highest BCUT2D eigenvalue weighted by molar-refractivity contribution is 7.13. The fourth-order valence-electron chi connectivity index (χ4n) is 1.64. The van der Waals surface area contributed by atoms with Gasteiger partial charge in [-0.2, -0.15) is 0 Å². The summed E-state index contributed by atoms with van der Waals surface area (Å²) in [5.74, 6) is 0.776. The number of piperidine rings is 1. The molecular formula is C9H15N3S. The minimum absolute atomic E-state index is 0.776. The Morgan fingerprint density at radius 3 is 3.38 bits per heavy atom. The topological polar surface area (TPSA) is 37.0 Å². The largest absolute Gasteiger partial charge is 0.361 e. The van der Waals surface area contributed by atoms with Gasteiger partial charge in [0.05, 0.1) is 0 Å². The minimum Gasteiger partial charge on any atom is -0.361 e.